The molecule has 27 heavy (non-hydrogen) atoms. The van der Waals surface area contributed by atoms with Crippen LogP contribution in [0, 0.1) is 0 Å². The molecule has 1 amide bonds. The highest BCUT2D eigenvalue weighted by atomic mass is 35.5. The maximum absolute atomic E-state index is 9.93. The number of likely N-dealkylation sites (tertiary alicyclic amines) is 2. The maximum Gasteiger partial charge on any atom is 0.209 e. The molecule has 3 rings (SSSR count). The Hall–Kier alpha value is -1.39. The topological polar surface area (TPSA) is 40.6 Å². The van der Waals surface area contributed by atoms with Gasteiger partial charge in [-0.1, -0.05) is 30.7 Å². The standard InChI is InChI=1S/C14H20ClN.C5H9NO.C3H6O/c1-14(2,3)16-9-8-12(10-16)11-4-6-13(15)7-5-11;7-5-6-3-1-2-4-6;1-2-3-4/h4-7,12H,8-10H2,1-3H3;5H,1-4H2;3H,2H2,1H3. The normalized spacial score (nSPS) is 19.6. The fourth-order valence-electron chi connectivity index (χ4n) is 3.22. The molecule has 0 bridgehead atoms. The van der Waals surface area contributed by atoms with Crippen LogP contribution in [0.3, 0.4) is 0 Å². The fraction of sp³-hybridized carbons (Fsp3) is 0.636. The lowest BCUT2D eigenvalue weighted by atomic mass is 9.98. The van der Waals surface area contributed by atoms with Crippen LogP contribution >= 0.6 is 11.6 Å². The van der Waals surface area contributed by atoms with Crippen molar-refractivity contribution in [1.29, 1.82) is 0 Å². The smallest absolute Gasteiger partial charge is 0.209 e. The Morgan fingerprint density at radius 2 is 1.63 bits per heavy atom. The van der Waals surface area contributed by atoms with Gasteiger partial charge in [0.2, 0.25) is 6.41 Å². The first-order valence-corrected chi connectivity index (χ1v) is 10.3. The van der Waals surface area contributed by atoms with Gasteiger partial charge in [0, 0.05) is 36.6 Å². The van der Waals surface area contributed by atoms with Crippen molar-refractivity contribution >= 4 is 24.3 Å². The summed E-state index contributed by atoms with van der Waals surface area (Å²) in [6.45, 7) is 13.0. The van der Waals surface area contributed by atoms with E-state index < -0.39 is 0 Å². The van der Waals surface area contributed by atoms with E-state index in [0.29, 0.717) is 17.9 Å². The highest BCUT2D eigenvalue weighted by Crippen LogP contribution is 2.31. The number of hydrogen-bond acceptors (Lipinski definition) is 3. The minimum Gasteiger partial charge on any atom is -0.345 e. The molecule has 2 aliphatic heterocycles. The number of carbonyl (C=O) groups excluding carboxylic acids is 2. The number of aldehydes is 1. The van der Waals surface area contributed by atoms with Crippen molar-refractivity contribution in [1.82, 2.24) is 9.80 Å². The van der Waals surface area contributed by atoms with E-state index in [9.17, 15) is 9.59 Å². The number of carbonyl (C=O) groups is 2. The van der Waals surface area contributed by atoms with Crippen LogP contribution in [0.15, 0.2) is 24.3 Å². The van der Waals surface area contributed by atoms with E-state index in [-0.39, 0.29) is 0 Å². The van der Waals surface area contributed by atoms with Crippen LogP contribution in [-0.4, -0.2) is 54.2 Å². The molecular formula is C22H35ClN2O2. The first-order valence-electron chi connectivity index (χ1n) is 9.95. The predicted octanol–water partition coefficient (Wildman–Crippen LogP) is 4.76. The highest BCUT2D eigenvalue weighted by molar-refractivity contribution is 6.30. The van der Waals surface area contributed by atoms with E-state index in [1.54, 1.807) is 4.90 Å². The molecule has 4 nitrogen and oxygen atoms in total. The van der Waals surface area contributed by atoms with Crippen LogP contribution < -0.4 is 0 Å². The van der Waals surface area contributed by atoms with Crippen LogP contribution in [-0.2, 0) is 9.59 Å². The molecule has 2 aliphatic rings. The number of amides is 1. The Balaban J connectivity index is 0.000000273. The van der Waals surface area contributed by atoms with Crippen LogP contribution in [0.5, 0.6) is 0 Å². The Kier molecular flexibility index (Phi) is 10.6. The third kappa shape index (κ3) is 8.89. The summed E-state index contributed by atoms with van der Waals surface area (Å²) in [7, 11) is 0. The van der Waals surface area contributed by atoms with Gasteiger partial charge in [-0.3, -0.25) is 9.69 Å². The second-order valence-corrected chi connectivity index (χ2v) is 8.51. The lowest BCUT2D eigenvalue weighted by molar-refractivity contribution is -0.117. The van der Waals surface area contributed by atoms with Crippen LogP contribution in [0.2, 0.25) is 5.02 Å². The summed E-state index contributed by atoms with van der Waals surface area (Å²) in [5.74, 6) is 0.677. The lowest BCUT2D eigenvalue weighted by Gasteiger charge is -2.31. The zero-order valence-electron chi connectivity index (χ0n) is 17.3. The summed E-state index contributed by atoms with van der Waals surface area (Å²) < 4.78 is 0. The molecule has 2 fully saturated rings. The van der Waals surface area contributed by atoms with E-state index in [2.05, 4.69) is 37.8 Å². The molecule has 1 aromatic carbocycles. The molecule has 0 aromatic heterocycles. The van der Waals surface area contributed by atoms with E-state index in [0.717, 1.165) is 30.8 Å². The average Bonchev–Trinajstić information content (AvgIpc) is 3.34. The molecule has 152 valence electrons. The van der Waals surface area contributed by atoms with Crippen LogP contribution in [0.1, 0.15) is 64.9 Å². The zero-order valence-corrected chi connectivity index (χ0v) is 18.0. The summed E-state index contributed by atoms with van der Waals surface area (Å²) in [6.07, 6.45) is 6.09. The van der Waals surface area contributed by atoms with Crippen LogP contribution in [0.4, 0.5) is 0 Å². The third-order valence-electron chi connectivity index (χ3n) is 4.93. The molecule has 0 spiro atoms. The first-order chi connectivity index (χ1) is 12.8. The van der Waals surface area contributed by atoms with Crippen molar-refractivity contribution in [3.05, 3.63) is 34.9 Å². The molecular weight excluding hydrogens is 360 g/mol. The predicted molar refractivity (Wildman–Crippen MR) is 113 cm³/mol. The van der Waals surface area contributed by atoms with Gasteiger partial charge in [0.1, 0.15) is 6.29 Å². The highest BCUT2D eigenvalue weighted by Gasteiger charge is 2.30. The third-order valence-corrected chi connectivity index (χ3v) is 5.19. The number of benzene rings is 1. The molecule has 2 heterocycles. The Bertz CT molecular complexity index is 548. The second kappa shape index (κ2) is 12.1. The quantitative estimate of drug-likeness (QED) is 0.694. The van der Waals surface area contributed by atoms with E-state index in [1.165, 1.54) is 37.9 Å². The van der Waals surface area contributed by atoms with Gasteiger partial charge < -0.3 is 9.69 Å². The molecule has 0 aliphatic carbocycles. The Labute approximate surface area is 169 Å². The van der Waals surface area contributed by atoms with Crippen LogP contribution in [0.25, 0.3) is 0 Å². The van der Waals surface area contributed by atoms with E-state index in [4.69, 9.17) is 11.6 Å². The molecule has 1 atom stereocenters. The summed E-state index contributed by atoms with van der Waals surface area (Å²) in [6, 6.07) is 8.32. The van der Waals surface area contributed by atoms with Crippen molar-refractivity contribution in [3.63, 3.8) is 0 Å². The van der Waals surface area contributed by atoms with Crippen molar-refractivity contribution in [2.24, 2.45) is 0 Å². The molecule has 1 unspecified atom stereocenters. The van der Waals surface area contributed by atoms with E-state index >= 15 is 0 Å². The summed E-state index contributed by atoms with van der Waals surface area (Å²) >= 11 is 5.91. The van der Waals surface area contributed by atoms with E-state index in [1.807, 2.05) is 19.1 Å². The first kappa shape index (κ1) is 23.6. The second-order valence-electron chi connectivity index (χ2n) is 8.08. The van der Waals surface area contributed by atoms with Gasteiger partial charge in [0.25, 0.3) is 0 Å². The van der Waals surface area contributed by atoms with Gasteiger partial charge in [-0.2, -0.15) is 0 Å². The van der Waals surface area contributed by atoms with Gasteiger partial charge in [0.15, 0.2) is 0 Å². The minimum absolute atomic E-state index is 0.293. The van der Waals surface area contributed by atoms with Gasteiger partial charge in [-0.25, -0.2) is 0 Å². The molecule has 2 saturated heterocycles. The van der Waals surface area contributed by atoms with Crippen molar-refractivity contribution in [2.45, 2.75) is 64.8 Å². The SMILES string of the molecule is CC(C)(C)N1CCC(c2ccc(Cl)cc2)C1.CCC=O.O=CN1CCCC1. The molecule has 5 heteroatoms. The fourth-order valence-corrected chi connectivity index (χ4v) is 3.35. The molecule has 1 aromatic rings. The lowest BCUT2D eigenvalue weighted by Crippen LogP contribution is -2.39. The largest absolute Gasteiger partial charge is 0.345 e. The summed E-state index contributed by atoms with van der Waals surface area (Å²) in [5.41, 5.74) is 1.72. The molecule has 0 saturated carbocycles. The van der Waals surface area contributed by atoms with Gasteiger partial charge in [-0.15, -0.1) is 0 Å². The number of halogens is 1. The maximum atomic E-state index is 9.93. The summed E-state index contributed by atoms with van der Waals surface area (Å²) in [4.78, 5) is 23.5. The Morgan fingerprint density at radius 1 is 1.07 bits per heavy atom. The van der Waals surface area contributed by atoms with Gasteiger partial charge in [0.05, 0.1) is 0 Å². The minimum atomic E-state index is 0.293. The Morgan fingerprint density at radius 3 is 2.00 bits per heavy atom. The van der Waals surface area contributed by atoms with Gasteiger partial charge in [-0.05, 0) is 70.2 Å². The average molecular weight is 395 g/mol. The van der Waals surface area contributed by atoms with Crippen molar-refractivity contribution in [3.8, 4) is 0 Å². The van der Waals surface area contributed by atoms with Crippen molar-refractivity contribution < 1.29 is 9.59 Å². The molecule has 0 radical (unpaired) electrons. The van der Waals surface area contributed by atoms with Crippen molar-refractivity contribution in [2.75, 3.05) is 26.2 Å². The summed E-state index contributed by atoms with van der Waals surface area (Å²) in [5, 5.41) is 0.828. The number of nitrogens with zero attached hydrogens (tertiary/aromatic N) is 2. The van der Waals surface area contributed by atoms with Gasteiger partial charge >= 0.3 is 0 Å². The number of rotatable bonds is 3. The zero-order chi connectivity index (χ0) is 20.3. The molecule has 0 N–H and O–H groups in total. The number of hydrogen-bond donors (Lipinski definition) is 0. The monoisotopic (exact) mass is 394 g/mol.